The van der Waals surface area contributed by atoms with Crippen LogP contribution in [0.1, 0.15) is 31.6 Å². The van der Waals surface area contributed by atoms with Crippen molar-refractivity contribution in [3.8, 4) is 11.5 Å². The average Bonchev–Trinajstić information content (AvgIpc) is 3.12. The van der Waals surface area contributed by atoms with E-state index in [-0.39, 0.29) is 11.8 Å². The van der Waals surface area contributed by atoms with Crippen LogP contribution in [0.15, 0.2) is 36.4 Å². The van der Waals surface area contributed by atoms with Crippen LogP contribution in [-0.2, 0) is 16.1 Å². The number of aromatic nitrogens is 2. The van der Waals surface area contributed by atoms with Crippen LogP contribution in [0.2, 0.25) is 0 Å². The number of amides is 1. The van der Waals surface area contributed by atoms with Gasteiger partial charge in [-0.15, -0.1) is 0 Å². The normalized spacial score (nSPS) is 15.8. The molecule has 0 saturated carbocycles. The fraction of sp³-hybridized carbons (Fsp3) is 0.364. The third kappa shape index (κ3) is 4.67. The first-order valence-corrected chi connectivity index (χ1v) is 10.2. The number of imidazole rings is 1. The number of nitrogens with one attached hydrogen (secondary N) is 1. The Labute approximate surface area is 178 Å². The molecule has 4 rings (SSSR count). The van der Waals surface area contributed by atoms with Gasteiger partial charge in [0.1, 0.15) is 17.3 Å². The minimum Gasteiger partial charge on any atom is -0.457 e. The SMILES string of the molecule is C[C@H](NCc1nc2ccc(Oc3ccc(F)c(F)c3)cc2n1C1CCOCC1)C(N)=O. The Hall–Kier alpha value is -3.04. The third-order valence-corrected chi connectivity index (χ3v) is 5.41. The summed E-state index contributed by atoms with van der Waals surface area (Å²) in [6.45, 7) is 3.38. The lowest BCUT2D eigenvalue weighted by Crippen LogP contribution is -2.39. The number of rotatable bonds is 7. The lowest BCUT2D eigenvalue weighted by atomic mass is 10.1. The molecule has 1 aliphatic heterocycles. The zero-order chi connectivity index (χ0) is 22.0. The van der Waals surface area contributed by atoms with Crippen molar-refractivity contribution in [1.29, 1.82) is 0 Å². The standard InChI is InChI=1S/C22H24F2N4O3/c1-13(22(25)29)26-12-21-27-19-5-3-16(31-15-2-4-17(23)18(24)10-15)11-20(19)28(21)14-6-8-30-9-7-14/h2-5,10-11,13-14,26H,6-9,12H2,1H3,(H2,25,29)/t13-/m0/s1. The van der Waals surface area contributed by atoms with Crippen molar-refractivity contribution in [1.82, 2.24) is 14.9 Å². The van der Waals surface area contributed by atoms with Gasteiger partial charge in [-0.3, -0.25) is 10.1 Å². The summed E-state index contributed by atoms with van der Waals surface area (Å²) in [5.74, 6) is -0.870. The second-order valence-electron chi connectivity index (χ2n) is 7.58. The van der Waals surface area contributed by atoms with E-state index in [4.69, 9.17) is 20.2 Å². The largest absolute Gasteiger partial charge is 0.457 e. The molecule has 7 nitrogen and oxygen atoms in total. The molecule has 1 fully saturated rings. The predicted octanol–water partition coefficient (Wildman–Crippen LogP) is 3.42. The number of hydrogen-bond donors (Lipinski definition) is 2. The van der Waals surface area contributed by atoms with E-state index >= 15 is 0 Å². The molecule has 0 bridgehead atoms. The maximum Gasteiger partial charge on any atom is 0.234 e. The first-order valence-electron chi connectivity index (χ1n) is 10.2. The van der Waals surface area contributed by atoms with Crippen molar-refractivity contribution in [2.24, 2.45) is 5.73 Å². The van der Waals surface area contributed by atoms with Crippen molar-refractivity contribution in [2.75, 3.05) is 13.2 Å². The summed E-state index contributed by atoms with van der Waals surface area (Å²) in [7, 11) is 0. The minimum atomic E-state index is -0.970. The lowest BCUT2D eigenvalue weighted by Gasteiger charge is -2.26. The Balaban J connectivity index is 1.68. The summed E-state index contributed by atoms with van der Waals surface area (Å²) in [6.07, 6.45) is 1.66. The van der Waals surface area contributed by atoms with E-state index in [1.165, 1.54) is 6.07 Å². The molecule has 1 amide bonds. The molecule has 1 aromatic heterocycles. The van der Waals surface area contributed by atoms with Gasteiger partial charge in [-0.1, -0.05) is 0 Å². The molecule has 0 aliphatic carbocycles. The highest BCUT2D eigenvalue weighted by molar-refractivity contribution is 5.79. The Bertz CT molecular complexity index is 1100. The summed E-state index contributed by atoms with van der Waals surface area (Å²) in [5, 5.41) is 3.11. The maximum absolute atomic E-state index is 13.5. The molecule has 3 aromatic rings. The molecule has 1 saturated heterocycles. The van der Waals surface area contributed by atoms with Gasteiger partial charge < -0.3 is 19.8 Å². The van der Waals surface area contributed by atoms with Crippen LogP contribution in [0, 0.1) is 11.6 Å². The van der Waals surface area contributed by atoms with Crippen molar-refractivity contribution in [3.05, 3.63) is 53.9 Å². The minimum absolute atomic E-state index is 0.179. The number of carbonyl (C=O) groups is 1. The topological polar surface area (TPSA) is 91.4 Å². The van der Waals surface area contributed by atoms with E-state index in [0.29, 0.717) is 25.5 Å². The maximum atomic E-state index is 13.5. The average molecular weight is 430 g/mol. The number of benzene rings is 2. The van der Waals surface area contributed by atoms with Crippen LogP contribution < -0.4 is 15.8 Å². The number of nitrogens with zero attached hydrogens (tertiary/aromatic N) is 2. The summed E-state index contributed by atoms with van der Waals surface area (Å²) in [4.78, 5) is 16.1. The predicted molar refractivity (Wildman–Crippen MR) is 111 cm³/mol. The molecular weight excluding hydrogens is 406 g/mol. The van der Waals surface area contributed by atoms with Crippen molar-refractivity contribution in [2.45, 2.75) is 38.4 Å². The van der Waals surface area contributed by atoms with Gasteiger partial charge in [-0.2, -0.15) is 0 Å². The highest BCUT2D eigenvalue weighted by Crippen LogP contribution is 2.32. The fourth-order valence-corrected chi connectivity index (χ4v) is 3.68. The van der Waals surface area contributed by atoms with Gasteiger partial charge in [0.05, 0.1) is 23.6 Å². The molecule has 9 heteroatoms. The second-order valence-corrected chi connectivity index (χ2v) is 7.58. The van der Waals surface area contributed by atoms with Crippen LogP contribution >= 0.6 is 0 Å². The summed E-state index contributed by atoms with van der Waals surface area (Å²) in [6, 6.07) is 8.48. The number of primary amides is 1. The summed E-state index contributed by atoms with van der Waals surface area (Å²) in [5.41, 5.74) is 6.99. The van der Waals surface area contributed by atoms with Crippen LogP contribution in [0.3, 0.4) is 0 Å². The Morgan fingerprint density at radius 1 is 1.23 bits per heavy atom. The van der Waals surface area contributed by atoms with Gasteiger partial charge in [0.2, 0.25) is 5.91 Å². The van der Waals surface area contributed by atoms with E-state index in [1.54, 1.807) is 13.0 Å². The molecule has 2 aromatic carbocycles. The zero-order valence-electron chi connectivity index (χ0n) is 17.1. The first kappa shape index (κ1) is 21.2. The molecule has 31 heavy (non-hydrogen) atoms. The Morgan fingerprint density at radius 2 is 1.94 bits per heavy atom. The molecule has 2 heterocycles. The number of halogens is 2. The summed E-state index contributed by atoms with van der Waals surface area (Å²) < 4.78 is 40.1. The highest BCUT2D eigenvalue weighted by Gasteiger charge is 2.23. The lowest BCUT2D eigenvalue weighted by molar-refractivity contribution is -0.119. The number of nitrogens with two attached hydrogens (primary N) is 1. The molecule has 1 aliphatic rings. The Morgan fingerprint density at radius 3 is 2.65 bits per heavy atom. The van der Waals surface area contributed by atoms with E-state index < -0.39 is 23.6 Å². The van der Waals surface area contributed by atoms with Gasteiger partial charge >= 0.3 is 0 Å². The van der Waals surface area contributed by atoms with E-state index in [0.717, 1.165) is 41.8 Å². The molecule has 3 N–H and O–H groups in total. The second kappa shape index (κ2) is 8.99. The van der Waals surface area contributed by atoms with Crippen LogP contribution in [0.4, 0.5) is 8.78 Å². The number of fused-ring (bicyclic) bond motifs is 1. The van der Waals surface area contributed by atoms with Gasteiger partial charge in [0, 0.05) is 31.4 Å². The third-order valence-electron chi connectivity index (χ3n) is 5.41. The van der Waals surface area contributed by atoms with Gasteiger partial charge in [-0.25, -0.2) is 13.8 Å². The number of ether oxygens (including phenoxy) is 2. The highest BCUT2D eigenvalue weighted by atomic mass is 19.2. The van der Waals surface area contributed by atoms with Gasteiger partial charge in [-0.05, 0) is 44.0 Å². The molecule has 0 spiro atoms. The van der Waals surface area contributed by atoms with Crippen molar-refractivity contribution in [3.63, 3.8) is 0 Å². The molecular formula is C22H24F2N4O3. The van der Waals surface area contributed by atoms with E-state index in [2.05, 4.69) is 9.88 Å². The first-order chi connectivity index (χ1) is 14.9. The molecule has 1 atom stereocenters. The van der Waals surface area contributed by atoms with Crippen molar-refractivity contribution < 1.29 is 23.0 Å². The van der Waals surface area contributed by atoms with E-state index in [1.807, 2.05) is 12.1 Å². The number of carbonyl (C=O) groups excluding carboxylic acids is 1. The smallest absolute Gasteiger partial charge is 0.234 e. The van der Waals surface area contributed by atoms with Crippen LogP contribution in [0.25, 0.3) is 11.0 Å². The van der Waals surface area contributed by atoms with Crippen molar-refractivity contribution >= 4 is 16.9 Å². The van der Waals surface area contributed by atoms with Crippen LogP contribution in [0.5, 0.6) is 11.5 Å². The molecule has 0 unspecified atom stereocenters. The zero-order valence-corrected chi connectivity index (χ0v) is 17.1. The van der Waals surface area contributed by atoms with E-state index in [9.17, 15) is 13.6 Å². The Kier molecular flexibility index (Phi) is 6.15. The number of hydrogen-bond acceptors (Lipinski definition) is 5. The molecule has 164 valence electrons. The van der Waals surface area contributed by atoms with Gasteiger partial charge in [0.15, 0.2) is 11.6 Å². The quantitative estimate of drug-likeness (QED) is 0.599. The monoisotopic (exact) mass is 430 g/mol. The fourth-order valence-electron chi connectivity index (χ4n) is 3.68. The summed E-state index contributed by atoms with van der Waals surface area (Å²) >= 11 is 0. The van der Waals surface area contributed by atoms with Crippen LogP contribution in [-0.4, -0.2) is 34.7 Å². The van der Waals surface area contributed by atoms with Gasteiger partial charge in [0.25, 0.3) is 0 Å². The molecule has 0 radical (unpaired) electrons.